The Labute approximate surface area is 169 Å². The molecule has 0 atom stereocenters. The summed E-state index contributed by atoms with van der Waals surface area (Å²) >= 11 is 0. The molecule has 1 heterocycles. The van der Waals surface area contributed by atoms with Crippen molar-refractivity contribution in [3.63, 3.8) is 0 Å². The molecular weight excluding hydrogens is 390 g/mol. The van der Waals surface area contributed by atoms with Gasteiger partial charge in [0.2, 0.25) is 5.91 Å². The van der Waals surface area contributed by atoms with Gasteiger partial charge in [-0.25, -0.2) is 13.2 Å². The van der Waals surface area contributed by atoms with Crippen LogP contribution in [0.1, 0.15) is 22.3 Å². The Hall–Kier alpha value is -3.13. The van der Waals surface area contributed by atoms with Crippen LogP contribution in [-0.2, 0) is 27.9 Å². The van der Waals surface area contributed by atoms with E-state index in [1.807, 2.05) is 38.1 Å². The predicted octanol–water partition coefficient (Wildman–Crippen LogP) is 2.13. The summed E-state index contributed by atoms with van der Waals surface area (Å²) < 4.78 is 27.3. The number of rotatable bonds is 6. The van der Waals surface area contributed by atoms with Gasteiger partial charge in [0.15, 0.2) is 0 Å². The van der Waals surface area contributed by atoms with Crippen molar-refractivity contribution in [1.82, 2.24) is 13.9 Å². The summed E-state index contributed by atoms with van der Waals surface area (Å²) in [7, 11) is -4.03. The van der Waals surface area contributed by atoms with Crippen LogP contribution in [0.3, 0.4) is 0 Å². The van der Waals surface area contributed by atoms with Gasteiger partial charge in [-0.15, -0.1) is 0 Å². The summed E-state index contributed by atoms with van der Waals surface area (Å²) in [6, 6.07) is 12.4. The van der Waals surface area contributed by atoms with Gasteiger partial charge in [-0.3, -0.25) is 9.36 Å². The number of benzene rings is 2. The number of nitrogens with one attached hydrogen (secondary N) is 1. The van der Waals surface area contributed by atoms with Crippen LogP contribution >= 0.6 is 0 Å². The molecule has 0 saturated heterocycles. The van der Waals surface area contributed by atoms with Crippen LogP contribution in [0.5, 0.6) is 0 Å². The monoisotopic (exact) mass is 413 g/mol. The lowest BCUT2D eigenvalue weighted by Gasteiger charge is -2.08. The average molecular weight is 413 g/mol. The lowest BCUT2D eigenvalue weighted by molar-refractivity contribution is -0.121. The summed E-state index contributed by atoms with van der Waals surface area (Å²) in [6.07, 6.45) is 2.46. The first kappa shape index (κ1) is 20.6. The van der Waals surface area contributed by atoms with Crippen molar-refractivity contribution in [2.75, 3.05) is 0 Å². The lowest BCUT2D eigenvalue weighted by atomic mass is 10.1. The quantitative estimate of drug-likeness (QED) is 0.670. The molecular formula is C21H23N3O4S. The number of hydrogen-bond acceptors (Lipinski definition) is 4. The second kappa shape index (κ2) is 8.08. The second-order valence-electron chi connectivity index (χ2n) is 7.02. The van der Waals surface area contributed by atoms with Crippen molar-refractivity contribution in [3.8, 4) is 0 Å². The maximum atomic E-state index is 12.8. The third-order valence-electron chi connectivity index (χ3n) is 4.78. The van der Waals surface area contributed by atoms with Crippen molar-refractivity contribution >= 4 is 15.9 Å². The highest BCUT2D eigenvalue weighted by Crippen LogP contribution is 2.16. The molecule has 3 rings (SSSR count). The van der Waals surface area contributed by atoms with Gasteiger partial charge in [-0.2, -0.15) is 3.97 Å². The van der Waals surface area contributed by atoms with Gasteiger partial charge < -0.3 is 5.32 Å². The van der Waals surface area contributed by atoms with E-state index in [-0.39, 0.29) is 17.3 Å². The van der Waals surface area contributed by atoms with E-state index in [1.165, 1.54) is 24.5 Å². The molecule has 0 aliphatic carbocycles. The molecule has 1 amide bonds. The maximum Gasteiger partial charge on any atom is 0.342 e. The number of aromatic nitrogens is 2. The van der Waals surface area contributed by atoms with Gasteiger partial charge >= 0.3 is 5.69 Å². The predicted molar refractivity (Wildman–Crippen MR) is 110 cm³/mol. The molecule has 0 fully saturated rings. The highest BCUT2D eigenvalue weighted by Gasteiger charge is 2.21. The number of carbonyl (C=O) groups is 1. The minimum Gasteiger partial charge on any atom is -0.350 e. The topological polar surface area (TPSA) is 90.2 Å². The minimum absolute atomic E-state index is 0.0317. The number of aryl methyl sites for hydroxylation is 3. The average Bonchev–Trinajstić information content (AvgIpc) is 3.04. The van der Waals surface area contributed by atoms with E-state index in [2.05, 4.69) is 5.32 Å². The summed E-state index contributed by atoms with van der Waals surface area (Å²) in [5, 5.41) is 2.73. The number of carbonyl (C=O) groups excluding carboxylic acids is 1. The molecule has 0 unspecified atom stereocenters. The van der Waals surface area contributed by atoms with Crippen LogP contribution in [0.2, 0.25) is 0 Å². The van der Waals surface area contributed by atoms with Crippen LogP contribution < -0.4 is 11.0 Å². The van der Waals surface area contributed by atoms with Crippen LogP contribution in [0.4, 0.5) is 0 Å². The Balaban J connectivity index is 1.74. The minimum atomic E-state index is -4.03. The largest absolute Gasteiger partial charge is 0.350 e. The molecule has 0 aliphatic rings. The fraction of sp³-hybridized carbons (Fsp3) is 0.238. The number of amides is 1. The molecule has 0 aliphatic heterocycles. The van der Waals surface area contributed by atoms with E-state index in [4.69, 9.17) is 0 Å². The zero-order chi connectivity index (χ0) is 21.2. The number of nitrogens with zero attached hydrogens (tertiary/aromatic N) is 2. The molecule has 0 saturated carbocycles. The highest BCUT2D eigenvalue weighted by atomic mass is 32.2. The van der Waals surface area contributed by atoms with Crippen LogP contribution in [0.15, 0.2) is 64.5 Å². The summed E-state index contributed by atoms with van der Waals surface area (Å²) in [4.78, 5) is 24.8. The molecule has 0 bridgehead atoms. The van der Waals surface area contributed by atoms with Gasteiger partial charge in [0, 0.05) is 18.9 Å². The Morgan fingerprint density at radius 3 is 2.31 bits per heavy atom. The molecule has 0 spiro atoms. The Morgan fingerprint density at radius 1 is 0.966 bits per heavy atom. The van der Waals surface area contributed by atoms with Crippen LogP contribution in [0, 0.1) is 20.8 Å². The Kier molecular flexibility index (Phi) is 5.74. The smallest absolute Gasteiger partial charge is 0.342 e. The molecule has 8 heteroatoms. The first-order chi connectivity index (χ1) is 13.7. The fourth-order valence-corrected chi connectivity index (χ4v) is 4.12. The van der Waals surface area contributed by atoms with E-state index >= 15 is 0 Å². The SMILES string of the molecule is Cc1ccc(CNC(=O)Cn2ccn(S(=O)(=O)c3ccc(C)c(C)c3)c2=O)cc1. The molecule has 0 radical (unpaired) electrons. The van der Waals surface area contributed by atoms with Crippen LogP contribution in [-0.4, -0.2) is 22.9 Å². The maximum absolute atomic E-state index is 12.8. The fourth-order valence-electron chi connectivity index (χ4n) is 2.80. The van der Waals surface area contributed by atoms with Crippen LogP contribution in [0.25, 0.3) is 0 Å². The summed E-state index contributed by atoms with van der Waals surface area (Å²) in [5.41, 5.74) is 3.05. The van der Waals surface area contributed by atoms with Gasteiger partial charge in [0.05, 0.1) is 4.90 Å². The van der Waals surface area contributed by atoms with Crippen molar-refractivity contribution < 1.29 is 13.2 Å². The molecule has 7 nitrogen and oxygen atoms in total. The third-order valence-corrected chi connectivity index (χ3v) is 6.42. The Bertz CT molecular complexity index is 1210. The zero-order valence-corrected chi connectivity index (χ0v) is 17.4. The van der Waals surface area contributed by atoms with E-state index in [1.54, 1.807) is 13.0 Å². The summed E-state index contributed by atoms with van der Waals surface area (Å²) in [5.74, 6) is -0.381. The molecule has 3 aromatic rings. The molecule has 1 aromatic heterocycles. The third kappa shape index (κ3) is 4.48. The Morgan fingerprint density at radius 2 is 1.66 bits per heavy atom. The van der Waals surface area contributed by atoms with Crippen molar-refractivity contribution in [1.29, 1.82) is 0 Å². The van der Waals surface area contributed by atoms with Crippen molar-refractivity contribution in [3.05, 3.63) is 87.6 Å². The summed E-state index contributed by atoms with van der Waals surface area (Å²) in [6.45, 7) is 5.73. The first-order valence-electron chi connectivity index (χ1n) is 9.11. The second-order valence-corrected chi connectivity index (χ2v) is 8.83. The van der Waals surface area contributed by atoms with Gasteiger partial charge in [0.1, 0.15) is 6.54 Å². The van der Waals surface area contributed by atoms with Gasteiger partial charge in [-0.1, -0.05) is 35.9 Å². The standard InChI is InChI=1S/C21H23N3O4S/c1-15-4-7-18(8-5-15)13-22-20(25)14-23-10-11-24(21(23)26)29(27,28)19-9-6-16(2)17(3)12-19/h4-12H,13-14H2,1-3H3,(H,22,25). The molecule has 29 heavy (non-hydrogen) atoms. The van der Waals surface area contributed by atoms with E-state index < -0.39 is 15.7 Å². The number of hydrogen-bond donors (Lipinski definition) is 1. The highest BCUT2D eigenvalue weighted by molar-refractivity contribution is 7.90. The molecule has 1 N–H and O–H groups in total. The first-order valence-corrected chi connectivity index (χ1v) is 10.6. The van der Waals surface area contributed by atoms with Gasteiger partial charge in [-0.05, 0) is 49.6 Å². The zero-order valence-electron chi connectivity index (χ0n) is 16.5. The normalized spacial score (nSPS) is 11.4. The lowest BCUT2D eigenvalue weighted by Crippen LogP contribution is -2.34. The van der Waals surface area contributed by atoms with Crippen molar-refractivity contribution in [2.24, 2.45) is 0 Å². The van der Waals surface area contributed by atoms with E-state index in [0.717, 1.165) is 26.8 Å². The number of imidazole rings is 1. The molecule has 2 aromatic carbocycles. The van der Waals surface area contributed by atoms with E-state index in [0.29, 0.717) is 10.5 Å². The molecule has 152 valence electrons. The van der Waals surface area contributed by atoms with Gasteiger partial charge in [0.25, 0.3) is 10.0 Å². The van der Waals surface area contributed by atoms with Crippen molar-refractivity contribution in [2.45, 2.75) is 38.8 Å². The van der Waals surface area contributed by atoms with E-state index in [9.17, 15) is 18.0 Å².